The molecule has 0 rings (SSSR count). The van der Waals surface area contributed by atoms with Crippen LogP contribution in [0.5, 0.6) is 0 Å². The Kier molecular flexibility index (Phi) is 64.1. The molecule has 0 aromatic heterocycles. The van der Waals surface area contributed by atoms with Gasteiger partial charge >= 0.3 is 17.9 Å². The maximum Gasteiger partial charge on any atom is 0.306 e. The Bertz CT molecular complexity index is 1290. The van der Waals surface area contributed by atoms with Gasteiger partial charge in [0, 0.05) is 19.3 Å². The van der Waals surface area contributed by atoms with Gasteiger partial charge in [0.15, 0.2) is 6.10 Å². The molecule has 0 aromatic carbocycles. The van der Waals surface area contributed by atoms with Crippen LogP contribution in [0.1, 0.15) is 380 Å². The monoisotopic (exact) mass is 1080 g/mol. The highest BCUT2D eigenvalue weighted by Gasteiger charge is 2.19. The average molecular weight is 1080 g/mol. The summed E-state index contributed by atoms with van der Waals surface area (Å²) >= 11 is 0. The van der Waals surface area contributed by atoms with E-state index in [1.165, 1.54) is 263 Å². The first-order chi connectivity index (χ1) is 38.0. The van der Waals surface area contributed by atoms with Crippen molar-refractivity contribution >= 4 is 17.9 Å². The number of allylic oxidation sites excluding steroid dienone is 6. The molecule has 0 heterocycles. The minimum Gasteiger partial charge on any atom is -0.462 e. The summed E-state index contributed by atoms with van der Waals surface area (Å²) in [6.45, 7) is 6.66. The van der Waals surface area contributed by atoms with Crippen LogP contribution >= 0.6 is 0 Å². The Morgan fingerprint density at radius 1 is 0.260 bits per heavy atom. The molecule has 0 saturated heterocycles. The highest BCUT2D eigenvalue weighted by Crippen LogP contribution is 2.18. The van der Waals surface area contributed by atoms with Gasteiger partial charge in [0.05, 0.1) is 0 Å². The fourth-order valence-electron chi connectivity index (χ4n) is 10.4. The highest BCUT2D eigenvalue weighted by molar-refractivity contribution is 5.71. The third-order valence-corrected chi connectivity index (χ3v) is 15.6. The summed E-state index contributed by atoms with van der Waals surface area (Å²) in [6.07, 6.45) is 81.8. The van der Waals surface area contributed by atoms with E-state index < -0.39 is 6.10 Å². The van der Waals surface area contributed by atoms with Crippen LogP contribution < -0.4 is 0 Å². The van der Waals surface area contributed by atoms with Crippen LogP contribution in [0.3, 0.4) is 0 Å². The zero-order valence-electron chi connectivity index (χ0n) is 52.0. The highest BCUT2D eigenvalue weighted by atomic mass is 16.6. The van der Waals surface area contributed by atoms with Crippen LogP contribution in [-0.2, 0) is 28.6 Å². The van der Waals surface area contributed by atoms with E-state index in [0.717, 1.165) is 77.0 Å². The molecule has 0 N–H and O–H groups in total. The zero-order chi connectivity index (χ0) is 55.7. The Labute approximate surface area is 480 Å². The van der Waals surface area contributed by atoms with Crippen molar-refractivity contribution in [2.45, 2.75) is 386 Å². The molecule has 6 heteroatoms. The van der Waals surface area contributed by atoms with Crippen LogP contribution in [0.15, 0.2) is 36.5 Å². The van der Waals surface area contributed by atoms with Crippen LogP contribution in [0.2, 0.25) is 0 Å². The molecule has 1 atom stereocenters. The van der Waals surface area contributed by atoms with E-state index in [1.807, 2.05) is 0 Å². The van der Waals surface area contributed by atoms with Crippen molar-refractivity contribution in [3.8, 4) is 0 Å². The molecule has 0 bridgehead atoms. The molecule has 0 aliphatic rings. The molecule has 1 unspecified atom stereocenters. The standard InChI is InChI=1S/C71H132O6/c1-4-7-10-13-16-19-22-25-27-29-31-32-33-34-35-36-37-38-39-40-42-43-46-49-52-55-58-61-64-70(73)76-67-68(66-75-69(72)63-60-57-54-51-48-45-24-21-18-15-12-9-6-3)77-71(74)65-62-59-56-53-50-47-44-41-30-28-26-23-20-17-14-11-8-5-2/h20-21,23-24,28,30,68H,4-19,22,25-27,29,31-67H2,1-3H3/b23-20-,24-21-,30-28-. The van der Waals surface area contributed by atoms with Gasteiger partial charge in [-0.05, 0) is 77.0 Å². The van der Waals surface area contributed by atoms with E-state index in [9.17, 15) is 14.4 Å². The van der Waals surface area contributed by atoms with Crippen molar-refractivity contribution in [3.05, 3.63) is 36.5 Å². The first kappa shape index (κ1) is 74.6. The fourth-order valence-corrected chi connectivity index (χ4v) is 10.4. The van der Waals surface area contributed by atoms with Crippen molar-refractivity contribution in [2.24, 2.45) is 0 Å². The molecule has 0 aliphatic carbocycles. The molecular formula is C71H132O6. The number of hydrogen-bond acceptors (Lipinski definition) is 6. The number of ether oxygens (including phenoxy) is 3. The van der Waals surface area contributed by atoms with Crippen LogP contribution in [-0.4, -0.2) is 37.2 Å². The lowest BCUT2D eigenvalue weighted by atomic mass is 10.0. The molecule has 0 saturated carbocycles. The summed E-state index contributed by atoms with van der Waals surface area (Å²) in [5, 5.41) is 0. The van der Waals surface area contributed by atoms with E-state index >= 15 is 0 Å². The van der Waals surface area contributed by atoms with Gasteiger partial charge in [0.1, 0.15) is 13.2 Å². The van der Waals surface area contributed by atoms with E-state index in [4.69, 9.17) is 14.2 Å². The second-order valence-corrected chi connectivity index (χ2v) is 23.4. The summed E-state index contributed by atoms with van der Waals surface area (Å²) in [7, 11) is 0. The number of carbonyl (C=O) groups excluding carboxylic acids is 3. The van der Waals surface area contributed by atoms with Gasteiger partial charge in [-0.2, -0.15) is 0 Å². The fraction of sp³-hybridized carbons (Fsp3) is 0.873. The SMILES string of the molecule is CCCCCC/C=C\C/C=C\CCCCCCCCCC(=O)OC(COC(=O)CCCCCCC/C=C\CCCCCC)COC(=O)CCCCCCCCCCCCCCCCCCCCCCCCCCCCCC. The first-order valence-electron chi connectivity index (χ1n) is 34.5. The Hall–Kier alpha value is -2.37. The molecule has 77 heavy (non-hydrogen) atoms. The van der Waals surface area contributed by atoms with E-state index in [2.05, 4.69) is 57.2 Å². The minimum absolute atomic E-state index is 0.0738. The summed E-state index contributed by atoms with van der Waals surface area (Å²) in [5.74, 6) is -0.866. The third kappa shape index (κ3) is 64.3. The second kappa shape index (κ2) is 66.1. The normalized spacial score (nSPS) is 12.2. The maximum atomic E-state index is 12.9. The van der Waals surface area contributed by atoms with E-state index in [1.54, 1.807) is 0 Å². The smallest absolute Gasteiger partial charge is 0.306 e. The van der Waals surface area contributed by atoms with Gasteiger partial charge in [-0.15, -0.1) is 0 Å². The zero-order valence-corrected chi connectivity index (χ0v) is 52.0. The maximum absolute atomic E-state index is 12.9. The van der Waals surface area contributed by atoms with Crippen molar-refractivity contribution in [2.75, 3.05) is 13.2 Å². The number of unbranched alkanes of at least 4 members (excludes halogenated alkanes) is 47. The third-order valence-electron chi connectivity index (χ3n) is 15.6. The van der Waals surface area contributed by atoms with Crippen LogP contribution in [0.4, 0.5) is 0 Å². The lowest BCUT2D eigenvalue weighted by molar-refractivity contribution is -0.167. The van der Waals surface area contributed by atoms with Gasteiger partial charge in [-0.3, -0.25) is 14.4 Å². The van der Waals surface area contributed by atoms with E-state index in [-0.39, 0.29) is 31.1 Å². The molecule has 452 valence electrons. The molecule has 0 fully saturated rings. The largest absolute Gasteiger partial charge is 0.462 e. The molecular weight excluding hydrogens is 949 g/mol. The molecule has 0 radical (unpaired) electrons. The Morgan fingerprint density at radius 2 is 0.468 bits per heavy atom. The summed E-state index contributed by atoms with van der Waals surface area (Å²) in [4.78, 5) is 38.3. The van der Waals surface area contributed by atoms with E-state index in [0.29, 0.717) is 19.3 Å². The topological polar surface area (TPSA) is 78.9 Å². The number of carbonyl (C=O) groups is 3. The Morgan fingerprint density at radius 3 is 0.740 bits per heavy atom. The van der Waals surface area contributed by atoms with Crippen molar-refractivity contribution in [1.29, 1.82) is 0 Å². The number of rotatable bonds is 64. The number of esters is 3. The lowest BCUT2D eigenvalue weighted by Crippen LogP contribution is -2.30. The van der Waals surface area contributed by atoms with Crippen molar-refractivity contribution in [3.63, 3.8) is 0 Å². The summed E-state index contributed by atoms with van der Waals surface area (Å²) < 4.78 is 16.9. The molecule has 0 aromatic rings. The van der Waals surface area contributed by atoms with Gasteiger partial charge in [-0.25, -0.2) is 0 Å². The van der Waals surface area contributed by atoms with Crippen LogP contribution in [0.25, 0.3) is 0 Å². The van der Waals surface area contributed by atoms with Gasteiger partial charge in [-0.1, -0.05) is 320 Å². The van der Waals surface area contributed by atoms with Gasteiger partial charge in [0.2, 0.25) is 0 Å². The minimum atomic E-state index is -0.778. The predicted octanol–water partition coefficient (Wildman–Crippen LogP) is 23.6. The van der Waals surface area contributed by atoms with Gasteiger partial charge < -0.3 is 14.2 Å². The van der Waals surface area contributed by atoms with Crippen LogP contribution in [0, 0.1) is 0 Å². The summed E-state index contributed by atoms with van der Waals surface area (Å²) in [5.41, 5.74) is 0. The lowest BCUT2D eigenvalue weighted by Gasteiger charge is -2.18. The summed E-state index contributed by atoms with van der Waals surface area (Å²) in [6, 6.07) is 0. The predicted molar refractivity (Wildman–Crippen MR) is 335 cm³/mol. The van der Waals surface area contributed by atoms with Crippen molar-refractivity contribution in [1.82, 2.24) is 0 Å². The quantitative estimate of drug-likeness (QED) is 0.0261. The molecule has 0 aliphatic heterocycles. The molecule has 0 amide bonds. The van der Waals surface area contributed by atoms with Crippen molar-refractivity contribution < 1.29 is 28.6 Å². The first-order valence-corrected chi connectivity index (χ1v) is 34.5. The van der Waals surface area contributed by atoms with Gasteiger partial charge in [0.25, 0.3) is 0 Å². The molecule has 6 nitrogen and oxygen atoms in total. The second-order valence-electron chi connectivity index (χ2n) is 23.4. The Balaban J connectivity index is 4.19. The number of hydrogen-bond donors (Lipinski definition) is 0. The average Bonchev–Trinajstić information content (AvgIpc) is 3.43. The molecule has 0 spiro atoms.